The molecule has 0 saturated carbocycles. The Labute approximate surface area is 136 Å². The van der Waals surface area contributed by atoms with E-state index in [4.69, 9.17) is 4.74 Å². The summed E-state index contributed by atoms with van der Waals surface area (Å²) >= 11 is 3.17. The van der Waals surface area contributed by atoms with E-state index in [2.05, 4.69) is 21.2 Å². The maximum atomic E-state index is 11.9. The van der Waals surface area contributed by atoms with Gasteiger partial charge in [0.2, 0.25) is 0 Å². The quantitative estimate of drug-likeness (QED) is 0.853. The molecule has 0 atom stereocenters. The van der Waals surface area contributed by atoms with Crippen molar-refractivity contribution in [2.45, 2.75) is 13.5 Å². The van der Waals surface area contributed by atoms with Crippen molar-refractivity contribution in [3.63, 3.8) is 0 Å². The molecule has 2 rings (SSSR count). The zero-order valence-corrected chi connectivity index (χ0v) is 13.4. The monoisotopic (exact) mass is 363 g/mol. The Hall–Kier alpha value is -2.34. The van der Waals surface area contributed by atoms with Gasteiger partial charge in [-0.1, -0.05) is 36.4 Å². The highest BCUT2D eigenvalue weighted by Gasteiger charge is 2.18. The van der Waals surface area contributed by atoms with Crippen molar-refractivity contribution < 1.29 is 19.4 Å². The number of anilines is 1. The Morgan fingerprint density at radius 3 is 2.50 bits per heavy atom. The summed E-state index contributed by atoms with van der Waals surface area (Å²) in [6.45, 7) is 1.83. The number of carbonyl (C=O) groups excluding carboxylic acids is 1. The number of hydrogen-bond donors (Lipinski definition) is 2. The summed E-state index contributed by atoms with van der Waals surface area (Å²) in [5, 5.41) is 11.8. The van der Waals surface area contributed by atoms with Gasteiger partial charge in [-0.2, -0.15) is 0 Å². The van der Waals surface area contributed by atoms with E-state index in [0.717, 1.165) is 5.56 Å². The third kappa shape index (κ3) is 3.85. The Morgan fingerprint density at radius 2 is 1.86 bits per heavy atom. The highest BCUT2D eigenvalue weighted by Crippen LogP contribution is 2.28. The second kappa shape index (κ2) is 7.09. The molecule has 0 heterocycles. The van der Waals surface area contributed by atoms with Gasteiger partial charge < -0.3 is 9.84 Å². The lowest BCUT2D eigenvalue weighted by Crippen LogP contribution is -2.17. The highest BCUT2D eigenvalue weighted by molar-refractivity contribution is 9.10. The van der Waals surface area contributed by atoms with E-state index in [-0.39, 0.29) is 17.9 Å². The molecule has 0 unspecified atom stereocenters. The van der Waals surface area contributed by atoms with E-state index in [1.165, 1.54) is 0 Å². The molecule has 22 heavy (non-hydrogen) atoms. The van der Waals surface area contributed by atoms with Crippen molar-refractivity contribution in [1.82, 2.24) is 0 Å². The number of aryl methyl sites for hydroxylation is 1. The number of halogens is 1. The van der Waals surface area contributed by atoms with Gasteiger partial charge in [0.25, 0.3) is 0 Å². The van der Waals surface area contributed by atoms with Gasteiger partial charge in [-0.05, 0) is 40.0 Å². The van der Waals surface area contributed by atoms with Crippen LogP contribution < -0.4 is 5.32 Å². The van der Waals surface area contributed by atoms with Gasteiger partial charge >= 0.3 is 12.1 Å². The normalized spacial score (nSPS) is 10.1. The Kier molecular flexibility index (Phi) is 5.16. The van der Waals surface area contributed by atoms with E-state index in [1.54, 1.807) is 19.1 Å². The summed E-state index contributed by atoms with van der Waals surface area (Å²) in [6.07, 6.45) is -0.701. The van der Waals surface area contributed by atoms with Crippen LogP contribution in [0.2, 0.25) is 0 Å². The minimum atomic E-state index is -1.13. The molecular weight excluding hydrogens is 350 g/mol. The summed E-state index contributed by atoms with van der Waals surface area (Å²) in [4.78, 5) is 23.2. The molecule has 0 radical (unpaired) electrons. The summed E-state index contributed by atoms with van der Waals surface area (Å²) < 4.78 is 5.50. The molecule has 0 bridgehead atoms. The number of carboxylic acids is 1. The standard InChI is InChI=1S/C16H14BrNO4/c1-10-7-8-12(17)13(15(19)20)14(10)18-16(21)22-9-11-5-3-2-4-6-11/h2-8H,9H2,1H3,(H,18,21)(H,19,20). The molecule has 0 aliphatic carbocycles. The van der Waals surface area contributed by atoms with Gasteiger partial charge in [0.1, 0.15) is 6.61 Å². The van der Waals surface area contributed by atoms with E-state index >= 15 is 0 Å². The third-order valence-electron chi connectivity index (χ3n) is 3.02. The summed E-state index contributed by atoms with van der Waals surface area (Å²) in [5.41, 5.74) is 1.70. The van der Waals surface area contributed by atoms with E-state index in [1.807, 2.05) is 30.3 Å². The SMILES string of the molecule is Cc1ccc(Br)c(C(=O)O)c1NC(=O)OCc1ccccc1. The lowest BCUT2D eigenvalue weighted by molar-refractivity contribution is 0.0697. The van der Waals surface area contributed by atoms with Crippen molar-refractivity contribution in [2.75, 3.05) is 5.32 Å². The van der Waals surface area contributed by atoms with E-state index < -0.39 is 12.1 Å². The van der Waals surface area contributed by atoms with Crippen LogP contribution in [0, 0.1) is 6.92 Å². The second-order valence-corrected chi connectivity index (χ2v) is 5.46. The van der Waals surface area contributed by atoms with Crippen LogP contribution in [0.15, 0.2) is 46.9 Å². The predicted molar refractivity (Wildman–Crippen MR) is 86.1 cm³/mol. The molecule has 0 aliphatic rings. The zero-order chi connectivity index (χ0) is 16.1. The first-order chi connectivity index (χ1) is 10.5. The lowest BCUT2D eigenvalue weighted by atomic mass is 10.1. The Bertz CT molecular complexity index is 701. The van der Waals surface area contributed by atoms with Crippen molar-refractivity contribution in [3.05, 3.63) is 63.6 Å². The number of carboxylic acid groups (broad SMARTS) is 1. The number of aromatic carboxylic acids is 1. The number of rotatable bonds is 4. The number of ether oxygens (including phenoxy) is 1. The number of hydrogen-bond acceptors (Lipinski definition) is 3. The molecular formula is C16H14BrNO4. The number of carbonyl (C=O) groups is 2. The van der Waals surface area contributed by atoms with Crippen LogP contribution in [-0.4, -0.2) is 17.2 Å². The topological polar surface area (TPSA) is 75.6 Å². The Balaban J connectivity index is 2.12. The highest BCUT2D eigenvalue weighted by atomic mass is 79.9. The molecule has 2 N–H and O–H groups in total. The summed E-state index contributed by atoms with van der Waals surface area (Å²) in [5.74, 6) is -1.13. The van der Waals surface area contributed by atoms with Crippen LogP contribution in [0.5, 0.6) is 0 Å². The van der Waals surface area contributed by atoms with Gasteiger partial charge in [-0.3, -0.25) is 5.32 Å². The van der Waals surface area contributed by atoms with Crippen molar-refractivity contribution >= 4 is 33.7 Å². The van der Waals surface area contributed by atoms with Gasteiger partial charge in [0, 0.05) is 4.47 Å². The van der Waals surface area contributed by atoms with Gasteiger partial charge in [-0.25, -0.2) is 9.59 Å². The zero-order valence-electron chi connectivity index (χ0n) is 11.8. The molecule has 0 aromatic heterocycles. The fourth-order valence-corrected chi connectivity index (χ4v) is 2.41. The van der Waals surface area contributed by atoms with E-state index in [0.29, 0.717) is 10.0 Å². The molecule has 0 saturated heterocycles. The largest absolute Gasteiger partial charge is 0.478 e. The number of amides is 1. The van der Waals surface area contributed by atoms with Gasteiger partial charge in [0.05, 0.1) is 11.3 Å². The molecule has 0 fully saturated rings. The smallest absolute Gasteiger partial charge is 0.411 e. The molecule has 0 aliphatic heterocycles. The maximum absolute atomic E-state index is 11.9. The van der Waals surface area contributed by atoms with Crippen LogP contribution in [0.1, 0.15) is 21.5 Å². The number of benzene rings is 2. The van der Waals surface area contributed by atoms with Gasteiger partial charge in [0.15, 0.2) is 0 Å². The van der Waals surface area contributed by atoms with Crippen LogP contribution >= 0.6 is 15.9 Å². The summed E-state index contributed by atoms with van der Waals surface area (Å²) in [6, 6.07) is 12.6. The van der Waals surface area contributed by atoms with Crippen molar-refractivity contribution in [3.8, 4) is 0 Å². The fourth-order valence-electron chi connectivity index (χ4n) is 1.91. The van der Waals surface area contributed by atoms with Crippen LogP contribution in [0.3, 0.4) is 0 Å². The predicted octanol–water partition coefficient (Wildman–Crippen LogP) is 4.20. The maximum Gasteiger partial charge on any atom is 0.411 e. The fraction of sp³-hybridized carbons (Fsp3) is 0.125. The molecule has 2 aromatic carbocycles. The molecule has 1 amide bonds. The van der Waals surface area contributed by atoms with Crippen molar-refractivity contribution in [1.29, 1.82) is 0 Å². The van der Waals surface area contributed by atoms with E-state index in [9.17, 15) is 14.7 Å². The minimum Gasteiger partial charge on any atom is -0.478 e. The minimum absolute atomic E-state index is 0.00309. The first-order valence-electron chi connectivity index (χ1n) is 6.49. The second-order valence-electron chi connectivity index (χ2n) is 4.61. The van der Waals surface area contributed by atoms with Crippen molar-refractivity contribution in [2.24, 2.45) is 0 Å². The van der Waals surface area contributed by atoms with Crippen LogP contribution in [-0.2, 0) is 11.3 Å². The molecule has 6 heteroatoms. The average Bonchev–Trinajstić information content (AvgIpc) is 2.49. The van der Waals surface area contributed by atoms with Gasteiger partial charge in [-0.15, -0.1) is 0 Å². The first-order valence-corrected chi connectivity index (χ1v) is 7.28. The third-order valence-corrected chi connectivity index (χ3v) is 3.68. The first kappa shape index (κ1) is 16.0. The molecule has 114 valence electrons. The van der Waals surface area contributed by atoms with Crippen LogP contribution in [0.25, 0.3) is 0 Å². The average molecular weight is 364 g/mol. The lowest BCUT2D eigenvalue weighted by Gasteiger charge is -2.13. The number of nitrogens with one attached hydrogen (secondary N) is 1. The summed E-state index contributed by atoms with van der Waals surface area (Å²) in [7, 11) is 0. The molecule has 2 aromatic rings. The molecule has 0 spiro atoms. The Morgan fingerprint density at radius 1 is 1.18 bits per heavy atom. The van der Waals surface area contributed by atoms with Crippen LogP contribution in [0.4, 0.5) is 10.5 Å². The molecule has 5 nitrogen and oxygen atoms in total.